The number of carbonyl (C=O) groups excluding carboxylic acids is 2. The number of fused-ring (bicyclic) bond motifs is 2. The molecule has 3 heterocycles. The first-order valence-corrected chi connectivity index (χ1v) is 10.8. The highest BCUT2D eigenvalue weighted by molar-refractivity contribution is 7.20. The molecule has 2 aromatic heterocycles. The van der Waals surface area contributed by atoms with Gasteiger partial charge < -0.3 is 10.1 Å². The zero-order valence-corrected chi connectivity index (χ0v) is 18.0. The van der Waals surface area contributed by atoms with Gasteiger partial charge in [0.1, 0.15) is 15.5 Å². The van der Waals surface area contributed by atoms with Crippen LogP contribution < -0.4 is 10.9 Å². The first-order valence-electron chi connectivity index (χ1n) is 9.99. The lowest BCUT2D eigenvalue weighted by Crippen LogP contribution is -2.22. The van der Waals surface area contributed by atoms with E-state index in [0.29, 0.717) is 27.2 Å². The lowest BCUT2D eigenvalue weighted by atomic mass is 10.1. The molecule has 3 aromatic rings. The number of hydrogen-bond donors (Lipinski definition) is 1. The first kappa shape index (κ1) is 20.3. The van der Waals surface area contributed by atoms with Crippen LogP contribution in [-0.2, 0) is 28.9 Å². The molecule has 0 saturated heterocycles. The minimum Gasteiger partial charge on any atom is -0.451 e. The summed E-state index contributed by atoms with van der Waals surface area (Å²) in [6.45, 7) is 5.92. The van der Waals surface area contributed by atoms with Gasteiger partial charge in [-0.1, -0.05) is 25.1 Å². The number of esters is 1. The fourth-order valence-electron chi connectivity index (χ4n) is 3.84. The van der Waals surface area contributed by atoms with Crippen molar-refractivity contribution in [3.63, 3.8) is 0 Å². The molecule has 0 unspecified atom stereocenters. The lowest BCUT2D eigenvalue weighted by molar-refractivity contribution is -0.119. The Kier molecular flexibility index (Phi) is 5.42. The standard InChI is InChI=1S/C22H23N3O4S/c1-4-14-8-5-7-12(2)18(14)24-16(26)11-29-22(28)19-13(3)17-20(30-19)23-15-9-6-10-25(15)21(17)27/h5,7-8H,4,6,9-11H2,1-3H3,(H,24,26). The van der Waals surface area contributed by atoms with Crippen LogP contribution in [0.4, 0.5) is 5.69 Å². The van der Waals surface area contributed by atoms with Gasteiger partial charge in [0, 0.05) is 18.7 Å². The van der Waals surface area contributed by atoms with E-state index >= 15 is 0 Å². The molecule has 0 bridgehead atoms. The number of aromatic nitrogens is 2. The fourth-order valence-corrected chi connectivity index (χ4v) is 4.93. The zero-order valence-electron chi connectivity index (χ0n) is 17.2. The summed E-state index contributed by atoms with van der Waals surface area (Å²) in [5, 5.41) is 3.31. The number of thiophene rings is 1. The summed E-state index contributed by atoms with van der Waals surface area (Å²) in [5.41, 5.74) is 3.19. The van der Waals surface area contributed by atoms with Gasteiger partial charge >= 0.3 is 5.97 Å². The van der Waals surface area contributed by atoms with E-state index in [9.17, 15) is 14.4 Å². The molecule has 1 aliphatic heterocycles. The third kappa shape index (κ3) is 3.52. The predicted octanol–water partition coefficient (Wildman–Crippen LogP) is 3.38. The Bertz CT molecular complexity index is 1230. The minimum atomic E-state index is -0.615. The normalized spacial score (nSPS) is 12.8. The topological polar surface area (TPSA) is 90.3 Å². The highest BCUT2D eigenvalue weighted by atomic mass is 32.1. The van der Waals surface area contributed by atoms with Gasteiger partial charge in [-0.25, -0.2) is 9.78 Å². The molecule has 1 N–H and O–H groups in total. The number of ether oxygens (including phenoxy) is 1. The van der Waals surface area contributed by atoms with Crippen molar-refractivity contribution in [3.05, 3.63) is 55.9 Å². The van der Waals surface area contributed by atoms with Crippen molar-refractivity contribution >= 4 is 39.1 Å². The smallest absolute Gasteiger partial charge is 0.349 e. The summed E-state index contributed by atoms with van der Waals surface area (Å²) in [6, 6.07) is 5.82. The second-order valence-corrected chi connectivity index (χ2v) is 8.41. The van der Waals surface area contributed by atoms with Gasteiger partial charge in [0.15, 0.2) is 6.61 Å². The molecule has 1 aliphatic rings. The molecule has 0 fully saturated rings. The van der Waals surface area contributed by atoms with Crippen molar-refractivity contribution in [1.29, 1.82) is 0 Å². The maximum Gasteiger partial charge on any atom is 0.349 e. The van der Waals surface area contributed by atoms with Gasteiger partial charge in [0.05, 0.1) is 5.39 Å². The van der Waals surface area contributed by atoms with Crippen LogP contribution >= 0.6 is 11.3 Å². The number of aryl methyl sites for hydroxylation is 4. The van der Waals surface area contributed by atoms with Crippen LogP contribution in [0.3, 0.4) is 0 Å². The SMILES string of the molecule is CCc1cccc(C)c1NC(=O)COC(=O)c1sc2nc3n(c(=O)c2c1C)CCC3. The Morgan fingerprint density at radius 2 is 2.10 bits per heavy atom. The third-order valence-electron chi connectivity index (χ3n) is 5.44. The molecule has 30 heavy (non-hydrogen) atoms. The van der Waals surface area contributed by atoms with Crippen molar-refractivity contribution in [3.8, 4) is 0 Å². The number of carbonyl (C=O) groups is 2. The van der Waals surface area contributed by atoms with E-state index in [1.165, 1.54) is 0 Å². The Morgan fingerprint density at radius 3 is 2.87 bits per heavy atom. The molecule has 4 rings (SSSR count). The average Bonchev–Trinajstić information content (AvgIpc) is 3.33. The van der Waals surface area contributed by atoms with Crippen LogP contribution in [0.2, 0.25) is 0 Å². The Labute approximate surface area is 177 Å². The van der Waals surface area contributed by atoms with Crippen molar-refractivity contribution in [1.82, 2.24) is 9.55 Å². The summed E-state index contributed by atoms with van der Waals surface area (Å²) < 4.78 is 6.93. The van der Waals surface area contributed by atoms with Crippen LogP contribution in [0.25, 0.3) is 10.2 Å². The van der Waals surface area contributed by atoms with Gasteiger partial charge in [-0.05, 0) is 43.4 Å². The number of anilines is 1. The number of para-hydroxylation sites is 1. The van der Waals surface area contributed by atoms with Gasteiger partial charge in [-0.3, -0.25) is 14.2 Å². The maximum atomic E-state index is 12.8. The molecule has 1 aromatic carbocycles. The number of amides is 1. The van der Waals surface area contributed by atoms with Crippen molar-refractivity contribution in [2.45, 2.75) is 46.6 Å². The second-order valence-electron chi connectivity index (χ2n) is 7.41. The van der Waals surface area contributed by atoms with Crippen LogP contribution in [0.1, 0.15) is 45.5 Å². The van der Waals surface area contributed by atoms with E-state index < -0.39 is 18.5 Å². The number of nitrogens with zero attached hydrogens (tertiary/aromatic N) is 2. The van der Waals surface area contributed by atoms with E-state index in [0.717, 1.165) is 53.2 Å². The molecule has 8 heteroatoms. The van der Waals surface area contributed by atoms with Gasteiger partial charge in [0.25, 0.3) is 11.5 Å². The number of rotatable bonds is 5. The summed E-state index contributed by atoms with van der Waals surface area (Å²) in [6.07, 6.45) is 2.45. The average molecular weight is 426 g/mol. The molecule has 0 saturated carbocycles. The van der Waals surface area contributed by atoms with Crippen molar-refractivity contribution in [2.24, 2.45) is 0 Å². The molecule has 156 valence electrons. The molecular weight excluding hydrogens is 402 g/mol. The summed E-state index contributed by atoms with van der Waals surface area (Å²) >= 11 is 1.15. The largest absolute Gasteiger partial charge is 0.451 e. The highest BCUT2D eigenvalue weighted by Gasteiger charge is 2.24. The van der Waals surface area contributed by atoms with Gasteiger partial charge in [-0.2, -0.15) is 0 Å². The minimum absolute atomic E-state index is 0.107. The quantitative estimate of drug-likeness (QED) is 0.633. The van der Waals surface area contributed by atoms with Crippen molar-refractivity contribution < 1.29 is 14.3 Å². The summed E-state index contributed by atoms with van der Waals surface area (Å²) in [5.74, 6) is -0.253. The van der Waals surface area contributed by atoms with E-state index in [-0.39, 0.29) is 5.56 Å². The third-order valence-corrected chi connectivity index (χ3v) is 6.60. The second kappa shape index (κ2) is 8.02. The van der Waals surface area contributed by atoms with Crippen LogP contribution in [-0.4, -0.2) is 28.0 Å². The molecule has 0 radical (unpaired) electrons. The van der Waals surface area contributed by atoms with E-state index in [1.807, 2.05) is 32.0 Å². The predicted molar refractivity (Wildman–Crippen MR) is 116 cm³/mol. The zero-order chi connectivity index (χ0) is 21.4. The molecule has 0 aliphatic carbocycles. The van der Waals surface area contributed by atoms with E-state index in [1.54, 1.807) is 11.5 Å². The summed E-state index contributed by atoms with van der Waals surface area (Å²) in [4.78, 5) is 43.2. The fraction of sp³-hybridized carbons (Fsp3) is 0.364. The maximum absolute atomic E-state index is 12.8. The van der Waals surface area contributed by atoms with E-state index in [4.69, 9.17) is 4.74 Å². The number of hydrogen-bond acceptors (Lipinski definition) is 6. The molecular formula is C22H23N3O4S. The molecule has 0 spiro atoms. The van der Waals surface area contributed by atoms with Crippen molar-refractivity contribution in [2.75, 3.05) is 11.9 Å². The van der Waals surface area contributed by atoms with Crippen LogP contribution in [0.15, 0.2) is 23.0 Å². The van der Waals surface area contributed by atoms with E-state index in [2.05, 4.69) is 10.3 Å². The van der Waals surface area contributed by atoms with Gasteiger partial charge in [0.2, 0.25) is 0 Å². The number of nitrogens with one attached hydrogen (secondary N) is 1. The molecule has 0 atom stereocenters. The highest BCUT2D eigenvalue weighted by Crippen LogP contribution is 2.29. The van der Waals surface area contributed by atoms with Crippen LogP contribution in [0, 0.1) is 13.8 Å². The Morgan fingerprint density at radius 1 is 1.30 bits per heavy atom. The first-order chi connectivity index (χ1) is 14.4. The van der Waals surface area contributed by atoms with Gasteiger partial charge in [-0.15, -0.1) is 11.3 Å². The molecule has 1 amide bonds. The Hall–Kier alpha value is -3.00. The summed E-state index contributed by atoms with van der Waals surface area (Å²) in [7, 11) is 0. The van der Waals surface area contributed by atoms with Crippen LogP contribution in [0.5, 0.6) is 0 Å². The monoisotopic (exact) mass is 425 g/mol. The number of benzene rings is 1. The Balaban J connectivity index is 1.50. The molecule has 7 nitrogen and oxygen atoms in total. The lowest BCUT2D eigenvalue weighted by Gasteiger charge is -2.13.